The van der Waals surface area contributed by atoms with Crippen LogP contribution in [0.15, 0.2) is 59.5 Å². The molecule has 0 spiro atoms. The number of hydrogen-bond donors (Lipinski definition) is 0. The minimum Gasteiger partial charge on any atom is -0.356 e. The van der Waals surface area contributed by atoms with Crippen molar-refractivity contribution in [3.8, 4) is 17.3 Å². The molecule has 2 aromatic carbocycles. The van der Waals surface area contributed by atoms with Gasteiger partial charge in [0.05, 0.1) is 11.2 Å². The third-order valence-corrected chi connectivity index (χ3v) is 7.25. The molecule has 5 rings (SSSR count). The molecule has 1 aliphatic rings. The minimum absolute atomic E-state index is 0.105. The van der Waals surface area contributed by atoms with Gasteiger partial charge in [0.15, 0.2) is 5.82 Å². The second kappa shape index (κ2) is 8.02. The van der Waals surface area contributed by atoms with Crippen LogP contribution in [0, 0.1) is 13.8 Å². The molecule has 8 heteroatoms. The van der Waals surface area contributed by atoms with Gasteiger partial charge in [0, 0.05) is 11.1 Å². The van der Waals surface area contributed by atoms with Gasteiger partial charge in [-0.25, -0.2) is 4.52 Å². The Bertz CT molecular complexity index is 1370. The van der Waals surface area contributed by atoms with E-state index in [2.05, 4.69) is 15.3 Å². The molecule has 0 amide bonds. The number of aromatic nitrogens is 4. The fourth-order valence-corrected chi connectivity index (χ4v) is 5.29. The van der Waals surface area contributed by atoms with Gasteiger partial charge in [0.25, 0.3) is 5.88 Å². The van der Waals surface area contributed by atoms with Crippen LogP contribution in [0.4, 0.5) is 0 Å². The summed E-state index contributed by atoms with van der Waals surface area (Å²) >= 11 is 0. The number of benzene rings is 2. The third kappa shape index (κ3) is 3.64. The Kier molecular flexibility index (Phi) is 5.17. The zero-order valence-electron chi connectivity index (χ0n) is 18.0. The summed E-state index contributed by atoms with van der Waals surface area (Å²) in [6.07, 6.45) is 4.11. The maximum absolute atomic E-state index is 13.1. The molecule has 2 aromatic heterocycles. The largest absolute Gasteiger partial charge is 0.356 e. The summed E-state index contributed by atoms with van der Waals surface area (Å²) < 4.78 is 33.6. The number of nitrogens with zero attached hydrogens (tertiary/aromatic N) is 4. The highest BCUT2D eigenvalue weighted by molar-refractivity contribution is 7.87. The summed E-state index contributed by atoms with van der Waals surface area (Å²) in [4.78, 5) is 0.105. The predicted molar refractivity (Wildman–Crippen MR) is 121 cm³/mol. The van der Waals surface area contributed by atoms with Crippen molar-refractivity contribution in [2.45, 2.75) is 50.3 Å². The first-order valence-corrected chi connectivity index (χ1v) is 12.2. The molecule has 1 saturated carbocycles. The van der Waals surface area contributed by atoms with E-state index in [-0.39, 0.29) is 16.7 Å². The molecule has 0 aliphatic heterocycles. The first-order chi connectivity index (χ1) is 15.4. The average molecular weight is 449 g/mol. The lowest BCUT2D eigenvalue weighted by molar-refractivity contribution is 0.467. The van der Waals surface area contributed by atoms with Crippen molar-refractivity contribution in [3.05, 3.63) is 71.4 Å². The summed E-state index contributed by atoms with van der Waals surface area (Å²) in [7, 11) is -4.04. The average Bonchev–Trinajstić information content (AvgIpc) is 3.43. The van der Waals surface area contributed by atoms with E-state index in [0.29, 0.717) is 11.5 Å². The summed E-state index contributed by atoms with van der Waals surface area (Å²) in [6.45, 7) is 3.78. The number of aryl methyl sites for hydroxylation is 2. The Balaban J connectivity index is 1.70. The highest BCUT2D eigenvalue weighted by Gasteiger charge is 2.31. The van der Waals surface area contributed by atoms with Crippen LogP contribution in [-0.4, -0.2) is 28.2 Å². The van der Waals surface area contributed by atoms with Crippen LogP contribution in [-0.2, 0) is 10.1 Å². The summed E-state index contributed by atoms with van der Waals surface area (Å²) in [6, 6.07) is 16.2. The van der Waals surface area contributed by atoms with Gasteiger partial charge in [0.1, 0.15) is 4.90 Å². The van der Waals surface area contributed by atoms with E-state index in [4.69, 9.17) is 4.18 Å². The fraction of sp³-hybridized carbons (Fsp3) is 0.292. The van der Waals surface area contributed by atoms with Gasteiger partial charge in [-0.05, 0) is 44.7 Å². The molecule has 0 N–H and O–H groups in total. The zero-order chi connectivity index (χ0) is 22.3. The Morgan fingerprint density at radius 3 is 2.31 bits per heavy atom. The second-order valence-electron chi connectivity index (χ2n) is 8.29. The lowest BCUT2D eigenvalue weighted by atomic mass is 9.98. The molecule has 0 saturated heterocycles. The SMILES string of the molecule is Cc1ccc(S(=O)(=O)Oc2nn3c(-c4ccccc4)nnc(C)c3c2C2CCCC2)cc1. The van der Waals surface area contributed by atoms with Crippen molar-refractivity contribution in [2.24, 2.45) is 0 Å². The van der Waals surface area contributed by atoms with Gasteiger partial charge < -0.3 is 4.18 Å². The number of rotatable bonds is 5. The predicted octanol–water partition coefficient (Wildman–Crippen LogP) is 4.83. The van der Waals surface area contributed by atoms with Crippen LogP contribution < -0.4 is 4.18 Å². The van der Waals surface area contributed by atoms with Crippen molar-refractivity contribution >= 4 is 15.6 Å². The monoisotopic (exact) mass is 448 g/mol. The van der Waals surface area contributed by atoms with Crippen LogP contribution in [0.1, 0.15) is 48.4 Å². The van der Waals surface area contributed by atoms with E-state index in [0.717, 1.165) is 47.9 Å². The molecule has 1 aliphatic carbocycles. The molecule has 0 bridgehead atoms. The van der Waals surface area contributed by atoms with Gasteiger partial charge >= 0.3 is 10.1 Å². The molecule has 0 atom stereocenters. The van der Waals surface area contributed by atoms with Gasteiger partial charge in [-0.1, -0.05) is 60.9 Å². The maximum Gasteiger partial charge on any atom is 0.340 e. The van der Waals surface area contributed by atoms with Crippen molar-refractivity contribution in [1.82, 2.24) is 19.8 Å². The van der Waals surface area contributed by atoms with Crippen LogP contribution >= 0.6 is 0 Å². The van der Waals surface area contributed by atoms with E-state index < -0.39 is 10.1 Å². The summed E-state index contributed by atoms with van der Waals surface area (Å²) in [5.41, 5.74) is 4.10. The smallest absolute Gasteiger partial charge is 0.340 e. The molecule has 32 heavy (non-hydrogen) atoms. The second-order valence-corrected chi connectivity index (χ2v) is 9.83. The molecule has 2 heterocycles. The quantitative estimate of drug-likeness (QED) is 0.406. The van der Waals surface area contributed by atoms with Gasteiger partial charge in [-0.2, -0.15) is 13.5 Å². The molecule has 0 unspecified atom stereocenters. The first kappa shape index (κ1) is 20.6. The number of hydrogen-bond acceptors (Lipinski definition) is 6. The number of fused-ring (bicyclic) bond motifs is 1. The molecule has 1 fully saturated rings. The van der Waals surface area contributed by atoms with Crippen molar-refractivity contribution in [2.75, 3.05) is 0 Å². The molecule has 164 valence electrons. The Hall–Kier alpha value is -3.26. The topological polar surface area (TPSA) is 86.5 Å². The third-order valence-electron chi connectivity index (χ3n) is 6.02. The van der Waals surface area contributed by atoms with Crippen molar-refractivity contribution < 1.29 is 12.6 Å². The molecule has 0 radical (unpaired) electrons. The van der Waals surface area contributed by atoms with Crippen LogP contribution in [0.5, 0.6) is 5.88 Å². The van der Waals surface area contributed by atoms with Crippen LogP contribution in [0.3, 0.4) is 0 Å². The highest BCUT2D eigenvalue weighted by Crippen LogP contribution is 2.42. The lowest BCUT2D eigenvalue weighted by Gasteiger charge is -2.12. The van der Waals surface area contributed by atoms with E-state index in [9.17, 15) is 8.42 Å². The Labute approximate surface area is 187 Å². The van der Waals surface area contributed by atoms with E-state index in [1.807, 2.05) is 44.2 Å². The highest BCUT2D eigenvalue weighted by atomic mass is 32.2. The molecular weight excluding hydrogens is 424 g/mol. The molecular formula is C24H24N4O3S. The normalized spacial score (nSPS) is 14.8. The van der Waals surface area contributed by atoms with Crippen molar-refractivity contribution in [1.29, 1.82) is 0 Å². The van der Waals surface area contributed by atoms with Crippen molar-refractivity contribution in [3.63, 3.8) is 0 Å². The van der Waals surface area contributed by atoms with E-state index in [1.165, 1.54) is 0 Å². The summed E-state index contributed by atoms with van der Waals surface area (Å²) in [5.74, 6) is 0.836. The Morgan fingerprint density at radius 1 is 0.938 bits per heavy atom. The van der Waals surface area contributed by atoms with Gasteiger partial charge in [-0.3, -0.25) is 0 Å². The first-order valence-electron chi connectivity index (χ1n) is 10.8. The maximum atomic E-state index is 13.1. The molecule has 4 aromatic rings. The standard InChI is InChI=1S/C24H24N4O3S/c1-16-12-14-20(15-13-16)32(29,30)31-24-21(18-8-6-7-9-18)22-17(2)25-26-23(28(22)27-24)19-10-4-3-5-11-19/h3-5,10-15,18H,6-9H2,1-2H3. The zero-order valence-corrected chi connectivity index (χ0v) is 18.8. The van der Waals surface area contributed by atoms with E-state index >= 15 is 0 Å². The van der Waals surface area contributed by atoms with Crippen LogP contribution in [0.25, 0.3) is 16.9 Å². The van der Waals surface area contributed by atoms with E-state index in [1.54, 1.807) is 28.8 Å². The van der Waals surface area contributed by atoms with Gasteiger partial charge in [0.2, 0.25) is 0 Å². The van der Waals surface area contributed by atoms with Crippen LogP contribution in [0.2, 0.25) is 0 Å². The summed E-state index contributed by atoms with van der Waals surface area (Å²) in [5, 5.41) is 13.4. The molecule has 7 nitrogen and oxygen atoms in total. The Morgan fingerprint density at radius 2 is 1.62 bits per heavy atom. The lowest BCUT2D eigenvalue weighted by Crippen LogP contribution is -2.11. The minimum atomic E-state index is -4.04. The fourth-order valence-electron chi connectivity index (χ4n) is 4.39. The van der Waals surface area contributed by atoms with Gasteiger partial charge in [-0.15, -0.1) is 10.2 Å².